The van der Waals surface area contributed by atoms with Gasteiger partial charge in [-0.25, -0.2) is 0 Å². The van der Waals surface area contributed by atoms with Gasteiger partial charge >= 0.3 is 0 Å². The minimum absolute atomic E-state index is 0.857. The van der Waals surface area contributed by atoms with E-state index in [-0.39, 0.29) is 0 Å². The molecule has 2 heterocycles. The summed E-state index contributed by atoms with van der Waals surface area (Å²) in [7, 11) is 0. The fraction of sp³-hybridized carbons (Fsp3) is 0. The smallest absolute Gasteiger partial charge is 0.143 e. The maximum atomic E-state index is 6.78. The van der Waals surface area contributed by atoms with Crippen LogP contribution >= 0.6 is 0 Å². The van der Waals surface area contributed by atoms with Crippen molar-refractivity contribution < 1.29 is 8.83 Å². The number of rotatable bonds is 5. The zero-order valence-electron chi connectivity index (χ0n) is 28.7. The third kappa shape index (κ3) is 4.75. The van der Waals surface area contributed by atoms with E-state index in [2.05, 4.69) is 181 Å². The lowest BCUT2D eigenvalue weighted by Gasteiger charge is -2.26. The molecule has 248 valence electrons. The minimum Gasteiger partial charge on any atom is -0.456 e. The van der Waals surface area contributed by atoms with Crippen molar-refractivity contribution in [3.05, 3.63) is 188 Å². The van der Waals surface area contributed by atoms with E-state index in [1.165, 1.54) is 21.9 Å². The molecule has 0 aliphatic rings. The second kappa shape index (κ2) is 11.7. The van der Waals surface area contributed by atoms with E-state index in [0.29, 0.717) is 0 Å². The Morgan fingerprint density at radius 1 is 0.321 bits per heavy atom. The lowest BCUT2D eigenvalue weighted by atomic mass is 9.94. The van der Waals surface area contributed by atoms with Gasteiger partial charge in [0.15, 0.2) is 0 Å². The first-order valence-electron chi connectivity index (χ1n) is 18.0. The molecule has 0 aliphatic carbocycles. The van der Waals surface area contributed by atoms with Crippen LogP contribution in [0.3, 0.4) is 0 Å². The maximum Gasteiger partial charge on any atom is 0.143 e. The molecule has 0 atom stereocenters. The monoisotopic (exact) mass is 677 g/mol. The van der Waals surface area contributed by atoms with E-state index in [0.717, 1.165) is 82.8 Å². The van der Waals surface area contributed by atoms with E-state index in [1.54, 1.807) is 0 Å². The summed E-state index contributed by atoms with van der Waals surface area (Å²) in [5, 5.41) is 9.14. The molecule has 0 spiro atoms. The van der Waals surface area contributed by atoms with Crippen LogP contribution in [-0.4, -0.2) is 0 Å². The molecule has 3 heteroatoms. The highest BCUT2D eigenvalue weighted by atomic mass is 16.3. The zero-order chi connectivity index (χ0) is 34.9. The summed E-state index contributed by atoms with van der Waals surface area (Å²) in [5.41, 5.74) is 11.4. The normalized spacial score (nSPS) is 11.8. The molecule has 11 rings (SSSR count). The molecule has 0 fully saturated rings. The van der Waals surface area contributed by atoms with Gasteiger partial charge in [-0.3, -0.25) is 0 Å². The van der Waals surface area contributed by atoms with Crippen LogP contribution in [0.1, 0.15) is 0 Å². The zero-order valence-corrected chi connectivity index (χ0v) is 28.7. The van der Waals surface area contributed by atoms with Crippen LogP contribution in [0.5, 0.6) is 0 Å². The first-order chi connectivity index (χ1) is 26.3. The van der Waals surface area contributed by atoms with Crippen molar-refractivity contribution in [3.63, 3.8) is 0 Å². The third-order valence-electron chi connectivity index (χ3n) is 10.6. The van der Waals surface area contributed by atoms with E-state index >= 15 is 0 Å². The lowest BCUT2D eigenvalue weighted by Crippen LogP contribution is -2.09. The summed E-state index contributed by atoms with van der Waals surface area (Å²) in [6.45, 7) is 0. The predicted octanol–water partition coefficient (Wildman–Crippen LogP) is 14.6. The molecular weight excluding hydrogens is 647 g/mol. The van der Waals surface area contributed by atoms with Crippen molar-refractivity contribution in [1.29, 1.82) is 0 Å². The number of furan rings is 2. The molecule has 0 saturated carbocycles. The van der Waals surface area contributed by atoms with Crippen LogP contribution in [0.15, 0.2) is 197 Å². The lowest BCUT2D eigenvalue weighted by molar-refractivity contribution is 0.669. The number of nitrogens with zero attached hydrogens (tertiary/aromatic N) is 1. The largest absolute Gasteiger partial charge is 0.456 e. The average Bonchev–Trinajstić information content (AvgIpc) is 3.80. The summed E-state index contributed by atoms with van der Waals surface area (Å²) in [4.78, 5) is 2.33. The van der Waals surface area contributed by atoms with Crippen molar-refractivity contribution >= 4 is 82.5 Å². The molecule has 0 amide bonds. The SMILES string of the molecule is c1ccc(N(c2ccc(-c3cccc4ccccc34)cc2)c2ccc3oc4c5ccccc5cc(-c5ccc6oc7ccccc7c6c5)c4c3c2)cc1. The summed E-state index contributed by atoms with van der Waals surface area (Å²) in [6.07, 6.45) is 0. The molecular formula is C50H31NO2. The highest BCUT2D eigenvalue weighted by molar-refractivity contribution is 6.22. The molecule has 9 aromatic carbocycles. The number of hydrogen-bond donors (Lipinski definition) is 0. The molecule has 0 unspecified atom stereocenters. The number of benzene rings is 9. The van der Waals surface area contributed by atoms with E-state index < -0.39 is 0 Å². The summed E-state index contributed by atoms with van der Waals surface area (Å²) in [6, 6.07) is 66.8. The van der Waals surface area contributed by atoms with E-state index in [1.807, 2.05) is 12.1 Å². The Labute approximate surface area is 305 Å². The third-order valence-corrected chi connectivity index (χ3v) is 10.6. The maximum absolute atomic E-state index is 6.78. The van der Waals surface area contributed by atoms with Gasteiger partial charge in [0.05, 0.1) is 0 Å². The molecule has 0 radical (unpaired) electrons. The fourth-order valence-electron chi connectivity index (χ4n) is 8.15. The van der Waals surface area contributed by atoms with Gasteiger partial charge < -0.3 is 13.7 Å². The van der Waals surface area contributed by atoms with Gasteiger partial charge in [-0.2, -0.15) is 0 Å². The molecule has 0 bridgehead atoms. The van der Waals surface area contributed by atoms with Crippen molar-refractivity contribution in [2.45, 2.75) is 0 Å². The van der Waals surface area contributed by atoms with Crippen LogP contribution in [0.4, 0.5) is 17.1 Å². The summed E-state index contributed by atoms with van der Waals surface area (Å²) in [5.74, 6) is 0. The van der Waals surface area contributed by atoms with Crippen molar-refractivity contribution in [3.8, 4) is 22.3 Å². The number of anilines is 3. The van der Waals surface area contributed by atoms with Gasteiger partial charge in [-0.1, -0.05) is 121 Å². The minimum atomic E-state index is 0.857. The van der Waals surface area contributed by atoms with Crippen LogP contribution in [0.2, 0.25) is 0 Å². The predicted molar refractivity (Wildman–Crippen MR) is 222 cm³/mol. The van der Waals surface area contributed by atoms with Gasteiger partial charge in [0.2, 0.25) is 0 Å². The Kier molecular flexibility index (Phi) is 6.55. The molecule has 3 nitrogen and oxygen atoms in total. The Hall–Kier alpha value is -7.10. The Morgan fingerprint density at radius 3 is 1.81 bits per heavy atom. The molecule has 0 saturated heterocycles. The van der Waals surface area contributed by atoms with E-state index in [4.69, 9.17) is 8.83 Å². The van der Waals surface area contributed by atoms with Gasteiger partial charge in [-0.15, -0.1) is 0 Å². The summed E-state index contributed by atoms with van der Waals surface area (Å²) < 4.78 is 13.0. The van der Waals surface area contributed by atoms with Crippen molar-refractivity contribution in [2.24, 2.45) is 0 Å². The van der Waals surface area contributed by atoms with E-state index in [9.17, 15) is 0 Å². The number of para-hydroxylation sites is 2. The molecule has 0 aliphatic heterocycles. The topological polar surface area (TPSA) is 29.5 Å². The molecule has 53 heavy (non-hydrogen) atoms. The average molecular weight is 678 g/mol. The molecule has 0 N–H and O–H groups in total. The van der Waals surface area contributed by atoms with Gasteiger partial charge in [0.1, 0.15) is 22.3 Å². The van der Waals surface area contributed by atoms with Crippen LogP contribution < -0.4 is 4.90 Å². The second-order valence-electron chi connectivity index (χ2n) is 13.7. The highest BCUT2D eigenvalue weighted by Crippen LogP contribution is 2.45. The number of fused-ring (bicyclic) bond motifs is 9. The molecule has 2 aromatic heterocycles. The van der Waals surface area contributed by atoms with Crippen LogP contribution in [-0.2, 0) is 0 Å². The Bertz CT molecular complexity index is 3160. The number of hydrogen-bond acceptors (Lipinski definition) is 3. The first-order valence-corrected chi connectivity index (χ1v) is 18.0. The van der Waals surface area contributed by atoms with Crippen molar-refractivity contribution in [1.82, 2.24) is 0 Å². The Balaban J connectivity index is 1.11. The van der Waals surface area contributed by atoms with Crippen LogP contribution in [0, 0.1) is 0 Å². The van der Waals surface area contributed by atoms with Gasteiger partial charge in [0, 0.05) is 44.0 Å². The van der Waals surface area contributed by atoms with Crippen LogP contribution in [0.25, 0.3) is 87.7 Å². The van der Waals surface area contributed by atoms with Gasteiger partial charge in [-0.05, 0) is 105 Å². The van der Waals surface area contributed by atoms with Crippen molar-refractivity contribution in [2.75, 3.05) is 4.90 Å². The summed E-state index contributed by atoms with van der Waals surface area (Å²) >= 11 is 0. The van der Waals surface area contributed by atoms with Gasteiger partial charge in [0.25, 0.3) is 0 Å². The Morgan fingerprint density at radius 2 is 0.943 bits per heavy atom. The first kappa shape index (κ1) is 29.6. The quantitative estimate of drug-likeness (QED) is 0.182. The standard InChI is InChI=1S/C50H31NO2/c1-2-14-36(15-3-1)51(37-24-21-33(22-25-37)40-19-10-13-32-11-4-6-16-39(32)40)38-26-28-48-45(31-38)49-43(29-34-12-5-7-17-41(34)50(49)53-48)35-23-27-47-44(30-35)42-18-8-9-20-46(42)52-47/h1-31H. The fourth-order valence-corrected chi connectivity index (χ4v) is 8.15. The molecule has 11 aromatic rings. The highest BCUT2D eigenvalue weighted by Gasteiger charge is 2.20. The second-order valence-corrected chi connectivity index (χ2v) is 13.7.